The summed E-state index contributed by atoms with van der Waals surface area (Å²) < 4.78 is 25.5. The zero-order valence-corrected chi connectivity index (χ0v) is 9.60. The Labute approximate surface area is 94.8 Å². The van der Waals surface area contributed by atoms with Gasteiger partial charge in [-0.1, -0.05) is 6.07 Å². The van der Waals surface area contributed by atoms with E-state index < -0.39 is 10.0 Å². The van der Waals surface area contributed by atoms with Crippen LogP contribution in [0.5, 0.6) is 0 Å². The Bertz CT molecular complexity index is 446. The van der Waals surface area contributed by atoms with Crippen LogP contribution < -0.4 is 0 Å². The van der Waals surface area contributed by atoms with Gasteiger partial charge < -0.3 is 5.11 Å². The first-order valence-electron chi connectivity index (χ1n) is 5.16. The third kappa shape index (κ3) is 2.09. The third-order valence-electron chi connectivity index (χ3n) is 2.75. The van der Waals surface area contributed by atoms with Crippen LogP contribution in [0.25, 0.3) is 0 Å². The van der Waals surface area contributed by atoms with Gasteiger partial charge in [-0.2, -0.15) is 4.31 Å². The minimum atomic E-state index is -3.47. The standard InChI is InChI=1S/C10H14N2O3S/c13-8-9-4-6-12(7-9)16(14,15)10-3-1-2-5-11-10/h1-3,5,9,13H,4,6-8H2/t9-/m1/s1. The van der Waals surface area contributed by atoms with Crippen LogP contribution >= 0.6 is 0 Å². The molecule has 16 heavy (non-hydrogen) atoms. The highest BCUT2D eigenvalue weighted by molar-refractivity contribution is 7.89. The predicted octanol–water partition coefficient (Wildman–Crippen LogP) is 0.0845. The molecule has 1 aliphatic rings. The van der Waals surface area contributed by atoms with Crippen molar-refractivity contribution < 1.29 is 13.5 Å². The number of nitrogens with zero attached hydrogens (tertiary/aromatic N) is 2. The molecule has 6 heteroatoms. The molecule has 1 saturated heterocycles. The molecule has 0 amide bonds. The van der Waals surface area contributed by atoms with E-state index in [2.05, 4.69) is 4.98 Å². The smallest absolute Gasteiger partial charge is 0.260 e. The molecule has 0 radical (unpaired) electrons. The van der Waals surface area contributed by atoms with Gasteiger partial charge >= 0.3 is 0 Å². The van der Waals surface area contributed by atoms with Gasteiger partial charge in [0.1, 0.15) is 0 Å². The van der Waals surface area contributed by atoms with Crippen LogP contribution in [0.1, 0.15) is 6.42 Å². The largest absolute Gasteiger partial charge is 0.396 e. The van der Waals surface area contributed by atoms with Gasteiger partial charge in [0.25, 0.3) is 10.0 Å². The highest BCUT2D eigenvalue weighted by Crippen LogP contribution is 2.22. The maximum absolute atomic E-state index is 12.1. The quantitative estimate of drug-likeness (QED) is 0.815. The lowest BCUT2D eigenvalue weighted by molar-refractivity contribution is 0.233. The zero-order valence-electron chi connectivity index (χ0n) is 8.78. The average Bonchev–Trinajstić information content (AvgIpc) is 2.79. The molecule has 0 aliphatic carbocycles. The van der Waals surface area contributed by atoms with E-state index in [4.69, 9.17) is 5.11 Å². The zero-order chi connectivity index (χ0) is 11.6. The van der Waals surface area contributed by atoms with Gasteiger partial charge in [0.15, 0.2) is 5.03 Å². The van der Waals surface area contributed by atoms with Crippen molar-refractivity contribution in [2.45, 2.75) is 11.4 Å². The van der Waals surface area contributed by atoms with E-state index in [0.717, 1.165) is 0 Å². The fourth-order valence-electron chi connectivity index (χ4n) is 1.80. The average molecular weight is 242 g/mol. The third-order valence-corrected chi connectivity index (χ3v) is 4.53. The van der Waals surface area contributed by atoms with Gasteiger partial charge in [-0.25, -0.2) is 13.4 Å². The van der Waals surface area contributed by atoms with Crippen molar-refractivity contribution in [2.75, 3.05) is 19.7 Å². The van der Waals surface area contributed by atoms with Gasteiger partial charge in [-0.05, 0) is 24.5 Å². The Kier molecular flexibility index (Phi) is 3.22. The molecule has 1 fully saturated rings. The maximum Gasteiger partial charge on any atom is 0.260 e. The first-order valence-corrected chi connectivity index (χ1v) is 6.60. The first-order chi connectivity index (χ1) is 7.64. The van der Waals surface area contributed by atoms with Crippen LogP contribution in [0.4, 0.5) is 0 Å². The lowest BCUT2D eigenvalue weighted by atomic mass is 10.1. The number of aliphatic hydroxyl groups is 1. The highest BCUT2D eigenvalue weighted by Gasteiger charge is 2.32. The number of sulfonamides is 1. The number of rotatable bonds is 3. The van der Waals surface area contributed by atoms with Gasteiger partial charge in [-0.3, -0.25) is 0 Å². The predicted molar refractivity (Wildman–Crippen MR) is 58.2 cm³/mol. The second-order valence-corrected chi connectivity index (χ2v) is 5.75. The van der Waals surface area contributed by atoms with Crippen LogP contribution in [0.15, 0.2) is 29.4 Å². The molecule has 0 spiro atoms. The van der Waals surface area contributed by atoms with Gasteiger partial charge in [0, 0.05) is 25.9 Å². The van der Waals surface area contributed by atoms with Crippen LogP contribution in [-0.2, 0) is 10.0 Å². The molecule has 2 heterocycles. The molecular formula is C10H14N2O3S. The summed E-state index contributed by atoms with van der Waals surface area (Å²) in [5, 5.41) is 9.06. The highest BCUT2D eigenvalue weighted by atomic mass is 32.2. The summed E-state index contributed by atoms with van der Waals surface area (Å²) in [6.45, 7) is 0.883. The molecule has 2 rings (SSSR count). The molecule has 0 bridgehead atoms. The summed E-state index contributed by atoms with van der Waals surface area (Å²) in [6.07, 6.45) is 2.18. The van der Waals surface area contributed by atoms with Crippen LogP contribution in [0.2, 0.25) is 0 Å². The number of pyridine rings is 1. The van der Waals surface area contributed by atoms with Crippen molar-refractivity contribution >= 4 is 10.0 Å². The molecule has 1 aliphatic heterocycles. The van der Waals surface area contributed by atoms with Crippen LogP contribution in [0, 0.1) is 5.92 Å². The Morgan fingerprint density at radius 3 is 2.88 bits per heavy atom. The number of aliphatic hydroxyl groups excluding tert-OH is 1. The second-order valence-electron chi connectivity index (χ2n) is 3.87. The van der Waals surface area contributed by atoms with Crippen molar-refractivity contribution in [1.29, 1.82) is 0 Å². The summed E-state index contributed by atoms with van der Waals surface area (Å²) in [5.74, 6) is 0.0542. The first kappa shape index (κ1) is 11.5. The van der Waals surface area contributed by atoms with E-state index >= 15 is 0 Å². The monoisotopic (exact) mass is 242 g/mol. The molecule has 0 aromatic carbocycles. The molecule has 1 aromatic heterocycles. The Balaban J connectivity index is 2.21. The number of hydrogen-bond acceptors (Lipinski definition) is 4. The lowest BCUT2D eigenvalue weighted by Gasteiger charge is -2.15. The fourth-order valence-corrected chi connectivity index (χ4v) is 3.26. The molecule has 0 unspecified atom stereocenters. The van der Waals surface area contributed by atoms with E-state index in [0.29, 0.717) is 19.5 Å². The minimum Gasteiger partial charge on any atom is -0.396 e. The molecular weight excluding hydrogens is 228 g/mol. The Morgan fingerprint density at radius 2 is 2.31 bits per heavy atom. The van der Waals surface area contributed by atoms with Gasteiger partial charge in [0.2, 0.25) is 0 Å². The normalized spacial score (nSPS) is 22.4. The van der Waals surface area contributed by atoms with Crippen LogP contribution in [0.3, 0.4) is 0 Å². The van der Waals surface area contributed by atoms with Crippen molar-refractivity contribution in [3.63, 3.8) is 0 Å². The van der Waals surface area contributed by atoms with Crippen LogP contribution in [-0.4, -0.2) is 42.5 Å². The summed E-state index contributed by atoms with van der Waals surface area (Å²) in [6, 6.07) is 4.82. The van der Waals surface area contributed by atoms with E-state index in [1.54, 1.807) is 12.1 Å². The summed E-state index contributed by atoms with van der Waals surface area (Å²) in [5.41, 5.74) is 0. The molecule has 1 N–H and O–H groups in total. The van der Waals surface area contributed by atoms with E-state index in [9.17, 15) is 8.42 Å². The Morgan fingerprint density at radius 1 is 1.50 bits per heavy atom. The van der Waals surface area contributed by atoms with Crippen molar-refractivity contribution in [3.8, 4) is 0 Å². The van der Waals surface area contributed by atoms with Gasteiger partial charge in [-0.15, -0.1) is 0 Å². The topological polar surface area (TPSA) is 70.5 Å². The number of hydrogen-bond donors (Lipinski definition) is 1. The summed E-state index contributed by atoms with van der Waals surface area (Å²) >= 11 is 0. The second kappa shape index (κ2) is 4.48. The minimum absolute atomic E-state index is 0.0360. The number of aromatic nitrogens is 1. The Hall–Kier alpha value is -0.980. The van der Waals surface area contributed by atoms with E-state index in [1.807, 2.05) is 0 Å². The molecule has 0 saturated carbocycles. The SMILES string of the molecule is O=S(=O)(c1ccccn1)N1CC[C@@H](CO)C1. The van der Waals surface area contributed by atoms with Crippen molar-refractivity contribution in [1.82, 2.24) is 9.29 Å². The molecule has 5 nitrogen and oxygen atoms in total. The molecule has 1 aromatic rings. The fraction of sp³-hybridized carbons (Fsp3) is 0.500. The van der Waals surface area contributed by atoms with E-state index in [1.165, 1.54) is 16.6 Å². The van der Waals surface area contributed by atoms with Crippen molar-refractivity contribution in [2.24, 2.45) is 5.92 Å². The van der Waals surface area contributed by atoms with Gasteiger partial charge in [0.05, 0.1) is 0 Å². The summed E-state index contributed by atoms with van der Waals surface area (Å²) in [4.78, 5) is 3.85. The molecule has 1 atom stereocenters. The van der Waals surface area contributed by atoms with Crippen molar-refractivity contribution in [3.05, 3.63) is 24.4 Å². The lowest BCUT2D eigenvalue weighted by Crippen LogP contribution is -2.29. The van der Waals surface area contributed by atoms with E-state index in [-0.39, 0.29) is 17.6 Å². The molecule has 88 valence electrons. The summed E-state index contributed by atoms with van der Waals surface area (Å²) in [7, 11) is -3.47. The maximum atomic E-state index is 12.1.